The first-order valence-electron chi connectivity index (χ1n) is 9.33. The van der Waals surface area contributed by atoms with E-state index in [0.29, 0.717) is 32.8 Å². The molecule has 0 saturated heterocycles. The Morgan fingerprint density at radius 3 is 2.53 bits per heavy atom. The van der Waals surface area contributed by atoms with Crippen LogP contribution >= 0.6 is 39.1 Å². The van der Waals surface area contributed by atoms with E-state index in [-0.39, 0.29) is 12.2 Å². The van der Waals surface area contributed by atoms with E-state index in [1.165, 1.54) is 13.2 Å². The van der Waals surface area contributed by atoms with Crippen molar-refractivity contribution in [1.82, 2.24) is 0 Å². The summed E-state index contributed by atoms with van der Waals surface area (Å²) in [7, 11) is 1.54. The summed E-state index contributed by atoms with van der Waals surface area (Å²) >= 11 is 15.5. The Kier molecular flexibility index (Phi) is 8.18. The SMILES string of the molecule is COc1ccc(/C=C(\C#N)C(=O)Nc2ccc(Br)cc2)c(OCc2ccc(Cl)cc2Cl)c1. The largest absolute Gasteiger partial charge is 0.497 e. The average molecular weight is 532 g/mol. The van der Waals surface area contributed by atoms with Crippen molar-refractivity contribution in [2.24, 2.45) is 0 Å². The summed E-state index contributed by atoms with van der Waals surface area (Å²) in [6.45, 7) is 0.164. The third kappa shape index (κ3) is 6.27. The van der Waals surface area contributed by atoms with E-state index in [0.717, 1.165) is 10.0 Å². The number of carbonyl (C=O) groups excluding carboxylic acids is 1. The number of benzene rings is 3. The van der Waals surface area contributed by atoms with E-state index in [4.69, 9.17) is 32.7 Å². The molecule has 3 aromatic carbocycles. The Morgan fingerprint density at radius 2 is 1.88 bits per heavy atom. The van der Waals surface area contributed by atoms with Crippen molar-refractivity contribution in [1.29, 1.82) is 5.26 Å². The molecule has 8 heteroatoms. The predicted molar refractivity (Wildman–Crippen MR) is 130 cm³/mol. The minimum atomic E-state index is -0.530. The lowest BCUT2D eigenvalue weighted by Gasteiger charge is -2.13. The van der Waals surface area contributed by atoms with Crippen LogP contribution in [0.5, 0.6) is 11.5 Å². The molecule has 1 amide bonds. The van der Waals surface area contributed by atoms with Gasteiger partial charge in [0.25, 0.3) is 5.91 Å². The summed E-state index contributed by atoms with van der Waals surface area (Å²) in [5, 5.41) is 13.3. The molecule has 0 fully saturated rings. The molecule has 5 nitrogen and oxygen atoms in total. The lowest BCUT2D eigenvalue weighted by Crippen LogP contribution is -2.13. The number of nitrogens with one attached hydrogen (secondary N) is 1. The number of ether oxygens (including phenoxy) is 2. The molecule has 0 radical (unpaired) electrons. The van der Waals surface area contributed by atoms with Crippen molar-refractivity contribution >= 4 is 56.8 Å². The molecule has 32 heavy (non-hydrogen) atoms. The molecular weight excluding hydrogens is 515 g/mol. The zero-order valence-electron chi connectivity index (χ0n) is 16.9. The Balaban J connectivity index is 1.86. The van der Waals surface area contributed by atoms with Gasteiger partial charge in [0.15, 0.2) is 0 Å². The quantitative estimate of drug-likeness (QED) is 0.266. The zero-order chi connectivity index (χ0) is 23.1. The van der Waals surface area contributed by atoms with Gasteiger partial charge < -0.3 is 14.8 Å². The van der Waals surface area contributed by atoms with Crippen LogP contribution in [0, 0.1) is 11.3 Å². The summed E-state index contributed by atoms with van der Waals surface area (Å²) in [5.41, 5.74) is 1.77. The molecule has 0 spiro atoms. The van der Waals surface area contributed by atoms with Crippen LogP contribution in [0.4, 0.5) is 5.69 Å². The van der Waals surface area contributed by atoms with Gasteiger partial charge in [0, 0.05) is 37.4 Å². The molecule has 1 N–H and O–H groups in total. The van der Waals surface area contributed by atoms with Crippen molar-refractivity contribution in [3.8, 4) is 17.6 Å². The first-order valence-corrected chi connectivity index (χ1v) is 10.9. The maximum Gasteiger partial charge on any atom is 0.266 e. The predicted octanol–water partition coefficient (Wildman–Crippen LogP) is 6.89. The van der Waals surface area contributed by atoms with Crippen molar-refractivity contribution < 1.29 is 14.3 Å². The van der Waals surface area contributed by atoms with Crippen LogP contribution in [0.3, 0.4) is 0 Å². The van der Waals surface area contributed by atoms with Gasteiger partial charge in [-0.15, -0.1) is 0 Å². The molecule has 0 aliphatic carbocycles. The minimum absolute atomic E-state index is 0.0764. The van der Waals surface area contributed by atoms with Gasteiger partial charge in [-0.1, -0.05) is 45.2 Å². The summed E-state index contributed by atoms with van der Waals surface area (Å²) in [6, 6.07) is 19.2. The summed E-state index contributed by atoms with van der Waals surface area (Å²) in [4.78, 5) is 12.6. The number of rotatable bonds is 7. The van der Waals surface area contributed by atoms with Gasteiger partial charge in [0.1, 0.15) is 29.7 Å². The standard InChI is InChI=1S/C24H17BrCl2N2O3/c1-31-21-9-3-15(23(12-21)32-14-16-2-6-19(26)11-22(16)27)10-17(13-28)24(30)29-20-7-4-18(25)5-8-20/h2-12H,14H2,1H3,(H,29,30)/b17-10+. The molecule has 0 bridgehead atoms. The topological polar surface area (TPSA) is 71.3 Å². The number of amides is 1. The van der Waals surface area contributed by atoms with Gasteiger partial charge in [-0.2, -0.15) is 5.26 Å². The number of halogens is 3. The number of hydrogen-bond donors (Lipinski definition) is 1. The number of methoxy groups -OCH3 is 1. The molecular formula is C24H17BrCl2N2O3. The Bertz CT molecular complexity index is 1200. The number of carbonyl (C=O) groups is 1. The van der Waals surface area contributed by atoms with Gasteiger partial charge in [0.2, 0.25) is 0 Å². The van der Waals surface area contributed by atoms with Crippen molar-refractivity contribution in [2.45, 2.75) is 6.61 Å². The fourth-order valence-electron chi connectivity index (χ4n) is 2.72. The summed E-state index contributed by atoms with van der Waals surface area (Å²) < 4.78 is 12.1. The smallest absolute Gasteiger partial charge is 0.266 e. The van der Waals surface area contributed by atoms with E-state index < -0.39 is 5.91 Å². The fourth-order valence-corrected chi connectivity index (χ4v) is 3.44. The second-order valence-electron chi connectivity index (χ2n) is 6.56. The monoisotopic (exact) mass is 530 g/mol. The first-order chi connectivity index (χ1) is 15.4. The first kappa shape index (κ1) is 23.7. The third-order valence-electron chi connectivity index (χ3n) is 4.39. The molecule has 0 aromatic heterocycles. The second-order valence-corrected chi connectivity index (χ2v) is 8.32. The Morgan fingerprint density at radius 1 is 1.12 bits per heavy atom. The molecule has 3 rings (SSSR count). The number of nitriles is 1. The van der Waals surface area contributed by atoms with Gasteiger partial charge in [-0.3, -0.25) is 4.79 Å². The molecule has 0 unspecified atom stereocenters. The highest BCUT2D eigenvalue weighted by Crippen LogP contribution is 2.29. The van der Waals surface area contributed by atoms with E-state index in [1.807, 2.05) is 6.07 Å². The van der Waals surface area contributed by atoms with Crippen LogP contribution in [0.1, 0.15) is 11.1 Å². The normalized spacial score (nSPS) is 10.9. The molecule has 0 atom stereocenters. The summed E-state index contributed by atoms with van der Waals surface area (Å²) in [5.74, 6) is 0.467. The number of nitrogens with zero attached hydrogens (tertiary/aromatic N) is 1. The Hall–Kier alpha value is -2.98. The summed E-state index contributed by atoms with van der Waals surface area (Å²) in [6.07, 6.45) is 1.46. The van der Waals surface area contributed by atoms with Gasteiger partial charge >= 0.3 is 0 Å². The third-order valence-corrected chi connectivity index (χ3v) is 5.50. The van der Waals surface area contributed by atoms with E-state index in [2.05, 4.69) is 21.2 Å². The molecule has 0 aliphatic heterocycles. The second kappa shape index (κ2) is 11.1. The average Bonchev–Trinajstić information content (AvgIpc) is 2.78. The van der Waals surface area contributed by atoms with Crippen LogP contribution < -0.4 is 14.8 Å². The maximum atomic E-state index is 12.6. The van der Waals surface area contributed by atoms with Crippen LogP contribution in [0.15, 0.2) is 70.7 Å². The van der Waals surface area contributed by atoms with Crippen LogP contribution in [0.2, 0.25) is 10.0 Å². The lowest BCUT2D eigenvalue weighted by molar-refractivity contribution is -0.112. The fraction of sp³-hybridized carbons (Fsp3) is 0.0833. The maximum absolute atomic E-state index is 12.6. The lowest BCUT2D eigenvalue weighted by atomic mass is 10.1. The van der Waals surface area contributed by atoms with Gasteiger partial charge in [-0.05, 0) is 54.6 Å². The number of hydrogen-bond acceptors (Lipinski definition) is 4. The number of anilines is 1. The molecule has 0 aliphatic rings. The highest BCUT2D eigenvalue weighted by atomic mass is 79.9. The highest BCUT2D eigenvalue weighted by Gasteiger charge is 2.13. The van der Waals surface area contributed by atoms with E-state index in [1.54, 1.807) is 60.7 Å². The van der Waals surface area contributed by atoms with E-state index >= 15 is 0 Å². The Labute approximate surface area is 204 Å². The minimum Gasteiger partial charge on any atom is -0.497 e. The molecule has 162 valence electrons. The molecule has 0 heterocycles. The van der Waals surface area contributed by atoms with Crippen molar-refractivity contribution in [3.05, 3.63) is 91.9 Å². The van der Waals surface area contributed by atoms with Crippen molar-refractivity contribution in [3.63, 3.8) is 0 Å². The molecule has 0 saturated carbocycles. The van der Waals surface area contributed by atoms with Crippen molar-refractivity contribution in [2.75, 3.05) is 12.4 Å². The highest BCUT2D eigenvalue weighted by molar-refractivity contribution is 9.10. The zero-order valence-corrected chi connectivity index (χ0v) is 20.0. The van der Waals surface area contributed by atoms with Crippen LogP contribution in [0.25, 0.3) is 6.08 Å². The van der Waals surface area contributed by atoms with Crippen LogP contribution in [-0.4, -0.2) is 13.0 Å². The van der Waals surface area contributed by atoms with Crippen LogP contribution in [-0.2, 0) is 11.4 Å². The van der Waals surface area contributed by atoms with E-state index in [9.17, 15) is 10.1 Å². The molecule has 3 aromatic rings. The van der Waals surface area contributed by atoms with Gasteiger partial charge in [0.05, 0.1) is 7.11 Å². The van der Waals surface area contributed by atoms with Gasteiger partial charge in [-0.25, -0.2) is 0 Å².